The highest BCUT2D eigenvalue weighted by molar-refractivity contribution is 7.03. The molecule has 3 heteroatoms. The predicted octanol–water partition coefficient (Wildman–Crippen LogP) is 2.72. The van der Waals surface area contributed by atoms with Crippen LogP contribution in [-0.2, 0) is 0 Å². The molecule has 1 heterocycles. The van der Waals surface area contributed by atoms with Crippen LogP contribution >= 0.6 is 11.5 Å². The van der Waals surface area contributed by atoms with Gasteiger partial charge in [0.15, 0.2) is 0 Å². The molecule has 2 rings (SSSR count). The minimum Gasteiger partial charge on any atom is -0.324 e. The highest BCUT2D eigenvalue weighted by atomic mass is 32.1. The van der Waals surface area contributed by atoms with Crippen molar-refractivity contribution in [2.45, 2.75) is 38.1 Å². The van der Waals surface area contributed by atoms with Gasteiger partial charge in [-0.25, -0.2) is 4.37 Å². The van der Waals surface area contributed by atoms with Crippen molar-refractivity contribution in [3.63, 3.8) is 0 Å². The molecular formula is C10H16N2S. The topological polar surface area (TPSA) is 38.9 Å². The van der Waals surface area contributed by atoms with Gasteiger partial charge in [-0.1, -0.05) is 25.7 Å². The van der Waals surface area contributed by atoms with E-state index in [4.69, 9.17) is 5.73 Å². The minimum atomic E-state index is 0.224. The zero-order valence-electron chi connectivity index (χ0n) is 7.78. The molecule has 1 aliphatic carbocycles. The molecule has 0 radical (unpaired) electrons. The van der Waals surface area contributed by atoms with Gasteiger partial charge in [-0.05, 0) is 29.4 Å². The lowest BCUT2D eigenvalue weighted by Crippen LogP contribution is -2.13. The molecule has 1 saturated carbocycles. The Balaban J connectivity index is 1.87. The molecule has 0 aliphatic heterocycles. The van der Waals surface area contributed by atoms with Crippen molar-refractivity contribution >= 4 is 11.5 Å². The Kier molecular flexibility index (Phi) is 2.96. The van der Waals surface area contributed by atoms with Gasteiger partial charge in [-0.15, -0.1) is 0 Å². The van der Waals surface area contributed by atoms with Gasteiger partial charge in [0, 0.05) is 17.6 Å². The van der Waals surface area contributed by atoms with Crippen molar-refractivity contribution in [3.05, 3.63) is 17.1 Å². The first-order valence-corrected chi connectivity index (χ1v) is 5.85. The highest BCUT2D eigenvalue weighted by Gasteiger charge is 2.19. The van der Waals surface area contributed by atoms with Crippen molar-refractivity contribution in [2.24, 2.45) is 11.7 Å². The number of hydrogen-bond donors (Lipinski definition) is 1. The van der Waals surface area contributed by atoms with Gasteiger partial charge < -0.3 is 5.73 Å². The van der Waals surface area contributed by atoms with E-state index < -0.39 is 0 Å². The minimum absolute atomic E-state index is 0.224. The predicted molar refractivity (Wildman–Crippen MR) is 55.6 cm³/mol. The van der Waals surface area contributed by atoms with Crippen molar-refractivity contribution in [1.82, 2.24) is 4.37 Å². The Hall–Kier alpha value is -0.410. The summed E-state index contributed by atoms with van der Waals surface area (Å²) in [5.41, 5.74) is 7.31. The molecule has 2 N–H and O–H groups in total. The second kappa shape index (κ2) is 4.20. The molecule has 0 bridgehead atoms. The van der Waals surface area contributed by atoms with Crippen LogP contribution in [0.15, 0.2) is 11.6 Å². The van der Waals surface area contributed by atoms with Crippen LogP contribution in [0.3, 0.4) is 0 Å². The van der Waals surface area contributed by atoms with Crippen molar-refractivity contribution in [1.29, 1.82) is 0 Å². The van der Waals surface area contributed by atoms with Crippen LogP contribution < -0.4 is 5.73 Å². The number of nitrogens with zero attached hydrogens (tertiary/aromatic N) is 1. The van der Waals surface area contributed by atoms with E-state index in [9.17, 15) is 0 Å². The third kappa shape index (κ3) is 2.29. The summed E-state index contributed by atoms with van der Waals surface area (Å²) in [5, 5.41) is 2.07. The van der Waals surface area contributed by atoms with Crippen LogP contribution in [0.5, 0.6) is 0 Å². The van der Waals surface area contributed by atoms with E-state index in [0.29, 0.717) is 0 Å². The molecule has 0 saturated heterocycles. The van der Waals surface area contributed by atoms with Crippen LogP contribution in [0.1, 0.15) is 43.7 Å². The summed E-state index contributed by atoms with van der Waals surface area (Å²) in [4.78, 5) is 0. The smallest absolute Gasteiger partial charge is 0.0454 e. The zero-order valence-corrected chi connectivity index (χ0v) is 8.59. The summed E-state index contributed by atoms with van der Waals surface area (Å²) >= 11 is 1.50. The van der Waals surface area contributed by atoms with Crippen LogP contribution in [0.2, 0.25) is 0 Å². The molecule has 1 aliphatic rings. The molecular weight excluding hydrogens is 180 g/mol. The zero-order chi connectivity index (χ0) is 9.10. The second-order valence-electron chi connectivity index (χ2n) is 3.95. The standard InChI is InChI=1S/C10H16N2S/c11-10(9-6-12-13-7-9)5-8-3-1-2-4-8/h6-8,10H,1-5,11H2. The van der Waals surface area contributed by atoms with E-state index in [-0.39, 0.29) is 6.04 Å². The number of hydrogen-bond acceptors (Lipinski definition) is 3. The molecule has 0 aromatic carbocycles. The monoisotopic (exact) mass is 196 g/mol. The molecule has 1 unspecified atom stereocenters. The summed E-state index contributed by atoms with van der Waals surface area (Å²) in [6, 6.07) is 0.224. The van der Waals surface area contributed by atoms with E-state index in [1.54, 1.807) is 0 Å². The average molecular weight is 196 g/mol. The Labute approximate surface area is 83.3 Å². The normalized spacial score (nSPS) is 20.7. The largest absolute Gasteiger partial charge is 0.324 e. The average Bonchev–Trinajstić information content (AvgIpc) is 2.74. The maximum atomic E-state index is 6.09. The van der Waals surface area contributed by atoms with Gasteiger partial charge in [0.2, 0.25) is 0 Å². The third-order valence-corrected chi connectivity index (χ3v) is 3.55. The first-order valence-electron chi connectivity index (χ1n) is 5.01. The summed E-state index contributed by atoms with van der Waals surface area (Å²) in [6.45, 7) is 0. The molecule has 13 heavy (non-hydrogen) atoms. The van der Waals surface area contributed by atoms with E-state index in [1.165, 1.54) is 42.8 Å². The quantitative estimate of drug-likeness (QED) is 0.807. The molecule has 1 atom stereocenters. The van der Waals surface area contributed by atoms with Crippen molar-refractivity contribution < 1.29 is 0 Å². The maximum Gasteiger partial charge on any atom is 0.0454 e. The lowest BCUT2D eigenvalue weighted by Gasteiger charge is -2.14. The van der Waals surface area contributed by atoms with Crippen LogP contribution in [0.4, 0.5) is 0 Å². The van der Waals surface area contributed by atoms with Crippen molar-refractivity contribution in [2.75, 3.05) is 0 Å². The lowest BCUT2D eigenvalue weighted by molar-refractivity contribution is 0.451. The van der Waals surface area contributed by atoms with E-state index >= 15 is 0 Å². The van der Waals surface area contributed by atoms with E-state index in [2.05, 4.69) is 9.75 Å². The second-order valence-corrected chi connectivity index (χ2v) is 4.61. The fourth-order valence-electron chi connectivity index (χ4n) is 2.14. The molecule has 1 aromatic heterocycles. The van der Waals surface area contributed by atoms with Crippen LogP contribution in [0, 0.1) is 5.92 Å². The SMILES string of the molecule is NC(CC1CCCC1)c1cnsc1. The Morgan fingerprint density at radius 1 is 1.54 bits per heavy atom. The van der Waals surface area contributed by atoms with E-state index in [1.807, 2.05) is 6.20 Å². The number of rotatable bonds is 3. The van der Waals surface area contributed by atoms with Gasteiger partial charge in [0.25, 0.3) is 0 Å². The first-order chi connectivity index (χ1) is 6.36. The molecule has 1 aromatic rings. The van der Waals surface area contributed by atoms with Gasteiger partial charge in [0.05, 0.1) is 0 Å². The van der Waals surface area contributed by atoms with Crippen molar-refractivity contribution in [3.8, 4) is 0 Å². The molecule has 0 amide bonds. The number of aromatic nitrogens is 1. The highest BCUT2D eigenvalue weighted by Crippen LogP contribution is 2.31. The van der Waals surface area contributed by atoms with Gasteiger partial charge in [0.1, 0.15) is 0 Å². The van der Waals surface area contributed by atoms with Gasteiger partial charge in [-0.2, -0.15) is 0 Å². The fraction of sp³-hybridized carbons (Fsp3) is 0.700. The summed E-state index contributed by atoms with van der Waals surface area (Å²) in [7, 11) is 0. The van der Waals surface area contributed by atoms with Gasteiger partial charge in [-0.3, -0.25) is 0 Å². The Morgan fingerprint density at radius 2 is 2.31 bits per heavy atom. The summed E-state index contributed by atoms with van der Waals surface area (Å²) in [6.07, 6.45) is 8.62. The molecule has 2 nitrogen and oxygen atoms in total. The maximum absolute atomic E-state index is 6.09. The van der Waals surface area contributed by atoms with Crippen LogP contribution in [-0.4, -0.2) is 4.37 Å². The lowest BCUT2D eigenvalue weighted by atomic mass is 9.96. The molecule has 1 fully saturated rings. The Morgan fingerprint density at radius 3 is 2.92 bits per heavy atom. The van der Waals surface area contributed by atoms with E-state index in [0.717, 1.165) is 12.3 Å². The molecule has 0 spiro atoms. The van der Waals surface area contributed by atoms with Gasteiger partial charge >= 0.3 is 0 Å². The molecule has 72 valence electrons. The Bertz CT molecular complexity index is 239. The summed E-state index contributed by atoms with van der Waals surface area (Å²) in [5.74, 6) is 0.870. The first kappa shape index (κ1) is 9.16. The van der Waals surface area contributed by atoms with Crippen LogP contribution in [0.25, 0.3) is 0 Å². The third-order valence-electron chi connectivity index (χ3n) is 2.94. The number of nitrogens with two attached hydrogens (primary N) is 1. The fourth-order valence-corrected chi connectivity index (χ4v) is 2.74. The summed E-state index contributed by atoms with van der Waals surface area (Å²) < 4.78 is 4.08.